The van der Waals surface area contributed by atoms with Crippen molar-refractivity contribution in [2.45, 2.75) is 51.7 Å². The fraction of sp³-hybridized carbons (Fsp3) is 0.714. The lowest BCUT2D eigenvalue weighted by Crippen LogP contribution is -2.56. The predicted octanol–water partition coefficient (Wildman–Crippen LogP) is 1.96. The van der Waals surface area contributed by atoms with E-state index < -0.39 is 5.60 Å². The molecule has 2 aliphatic heterocycles. The summed E-state index contributed by atoms with van der Waals surface area (Å²) in [6.45, 7) is 10.5. The highest BCUT2D eigenvalue weighted by Gasteiger charge is 2.31. The maximum Gasteiger partial charge on any atom is 0.410 e. The van der Waals surface area contributed by atoms with Crippen molar-refractivity contribution in [2.24, 2.45) is 4.99 Å². The minimum Gasteiger partial charge on any atom is -0.444 e. The highest BCUT2D eigenvalue weighted by molar-refractivity contribution is 5.80. The number of nitrogens with zero attached hydrogens (tertiary/aromatic N) is 6. The van der Waals surface area contributed by atoms with Gasteiger partial charge in [-0.15, -0.1) is 0 Å². The van der Waals surface area contributed by atoms with E-state index in [0.717, 1.165) is 63.9 Å². The number of piperazine rings is 1. The van der Waals surface area contributed by atoms with Crippen LogP contribution in [0.1, 0.15) is 40.0 Å². The molecule has 0 radical (unpaired) electrons. The number of ether oxygens (including phenoxy) is 1. The molecule has 0 aromatic carbocycles. The molecule has 0 aliphatic carbocycles. The minimum atomic E-state index is -0.481. The molecule has 1 aromatic heterocycles. The topological polar surface area (TPSA) is 86.2 Å². The Hall–Kier alpha value is -2.58. The Kier molecular flexibility index (Phi) is 7.33. The van der Waals surface area contributed by atoms with Crippen molar-refractivity contribution in [1.82, 2.24) is 25.1 Å². The van der Waals surface area contributed by atoms with Gasteiger partial charge in [0, 0.05) is 58.7 Å². The first-order valence-electron chi connectivity index (χ1n) is 10.8. The summed E-state index contributed by atoms with van der Waals surface area (Å²) in [7, 11) is 1.81. The number of carbonyl (C=O) groups excluding carboxylic acids is 1. The number of amides is 1. The number of hydrogen-bond acceptors (Lipinski definition) is 6. The Labute approximate surface area is 179 Å². The summed E-state index contributed by atoms with van der Waals surface area (Å²) in [5.74, 6) is 1.65. The van der Waals surface area contributed by atoms with E-state index in [2.05, 4.69) is 30.1 Å². The maximum atomic E-state index is 12.6. The second-order valence-electron chi connectivity index (χ2n) is 8.77. The van der Waals surface area contributed by atoms with Gasteiger partial charge in [-0.05, 0) is 46.1 Å². The minimum absolute atomic E-state index is 0.115. The standard InChI is InChI=1S/C21H35N7O2/c1-21(2,3)30-20(29)28-11-6-5-8-17(28)16-25-18(22-4)26-12-14-27(15-13-26)19-23-9-7-10-24-19/h7,9-10,17H,5-6,8,11-16H2,1-4H3,(H,22,25). The number of nitrogens with one attached hydrogen (secondary N) is 1. The van der Waals surface area contributed by atoms with Crippen LogP contribution in [0.4, 0.5) is 10.7 Å². The molecular weight excluding hydrogens is 382 g/mol. The molecule has 3 heterocycles. The van der Waals surface area contributed by atoms with Crippen LogP contribution < -0.4 is 10.2 Å². The van der Waals surface area contributed by atoms with E-state index in [1.807, 2.05) is 38.8 Å². The van der Waals surface area contributed by atoms with Gasteiger partial charge in [0.25, 0.3) is 0 Å². The smallest absolute Gasteiger partial charge is 0.410 e. The number of aliphatic imine (C=N–C) groups is 1. The summed E-state index contributed by atoms with van der Waals surface area (Å²) < 4.78 is 5.61. The zero-order chi connectivity index (χ0) is 21.6. The van der Waals surface area contributed by atoms with Gasteiger partial charge in [-0.25, -0.2) is 14.8 Å². The molecule has 2 aliphatic rings. The summed E-state index contributed by atoms with van der Waals surface area (Å²) in [6, 6.07) is 1.95. The fourth-order valence-corrected chi connectivity index (χ4v) is 3.89. The molecule has 30 heavy (non-hydrogen) atoms. The number of likely N-dealkylation sites (tertiary alicyclic amines) is 1. The summed E-state index contributed by atoms with van der Waals surface area (Å²) in [5.41, 5.74) is -0.481. The lowest BCUT2D eigenvalue weighted by atomic mass is 10.0. The molecule has 1 aromatic rings. The number of carbonyl (C=O) groups is 1. The lowest BCUT2D eigenvalue weighted by molar-refractivity contribution is 0.0103. The van der Waals surface area contributed by atoms with E-state index in [4.69, 9.17) is 4.74 Å². The average molecular weight is 418 g/mol. The first-order chi connectivity index (χ1) is 14.4. The Balaban J connectivity index is 1.52. The number of piperidine rings is 1. The molecular formula is C21H35N7O2. The highest BCUT2D eigenvalue weighted by Crippen LogP contribution is 2.20. The normalized spacial score (nSPS) is 20.9. The van der Waals surface area contributed by atoms with Crippen LogP contribution in [0.3, 0.4) is 0 Å². The largest absolute Gasteiger partial charge is 0.444 e. The first kappa shape index (κ1) is 22.1. The van der Waals surface area contributed by atoms with Crippen LogP contribution in [0, 0.1) is 0 Å². The van der Waals surface area contributed by atoms with Gasteiger partial charge in [0.15, 0.2) is 5.96 Å². The number of hydrogen-bond donors (Lipinski definition) is 1. The number of rotatable bonds is 3. The second-order valence-corrected chi connectivity index (χ2v) is 8.77. The summed E-state index contributed by atoms with van der Waals surface area (Å²) >= 11 is 0. The van der Waals surface area contributed by atoms with Gasteiger partial charge in [-0.3, -0.25) is 4.99 Å². The Morgan fingerprint density at radius 3 is 2.50 bits per heavy atom. The van der Waals surface area contributed by atoms with Gasteiger partial charge in [0.1, 0.15) is 5.60 Å². The molecule has 166 valence electrons. The van der Waals surface area contributed by atoms with E-state index in [-0.39, 0.29) is 12.1 Å². The van der Waals surface area contributed by atoms with Crippen molar-refractivity contribution < 1.29 is 9.53 Å². The number of aromatic nitrogens is 2. The Morgan fingerprint density at radius 1 is 1.17 bits per heavy atom. The van der Waals surface area contributed by atoms with Crippen molar-refractivity contribution in [1.29, 1.82) is 0 Å². The zero-order valence-corrected chi connectivity index (χ0v) is 18.7. The van der Waals surface area contributed by atoms with E-state index >= 15 is 0 Å². The first-order valence-corrected chi connectivity index (χ1v) is 10.8. The monoisotopic (exact) mass is 417 g/mol. The Bertz CT molecular complexity index is 712. The third kappa shape index (κ3) is 5.96. The molecule has 1 atom stereocenters. The number of anilines is 1. The molecule has 0 saturated carbocycles. The zero-order valence-electron chi connectivity index (χ0n) is 18.7. The molecule has 1 amide bonds. The van der Waals surface area contributed by atoms with E-state index in [0.29, 0.717) is 6.54 Å². The van der Waals surface area contributed by atoms with Gasteiger partial charge in [0.2, 0.25) is 5.95 Å². The van der Waals surface area contributed by atoms with Crippen LogP contribution in [-0.4, -0.2) is 89.8 Å². The van der Waals surface area contributed by atoms with Crippen LogP contribution in [-0.2, 0) is 4.74 Å². The molecule has 3 rings (SSSR count). The molecule has 0 bridgehead atoms. The van der Waals surface area contributed by atoms with Gasteiger partial charge < -0.3 is 24.8 Å². The van der Waals surface area contributed by atoms with Gasteiger partial charge in [-0.2, -0.15) is 0 Å². The van der Waals surface area contributed by atoms with Crippen LogP contribution in [0.25, 0.3) is 0 Å². The highest BCUT2D eigenvalue weighted by atomic mass is 16.6. The lowest BCUT2D eigenvalue weighted by Gasteiger charge is -2.39. The molecule has 1 N–H and O–H groups in total. The van der Waals surface area contributed by atoms with Crippen molar-refractivity contribution >= 4 is 18.0 Å². The second kappa shape index (κ2) is 9.95. The Morgan fingerprint density at radius 2 is 1.87 bits per heavy atom. The third-order valence-electron chi connectivity index (χ3n) is 5.38. The van der Waals surface area contributed by atoms with Gasteiger partial charge in [0.05, 0.1) is 6.04 Å². The van der Waals surface area contributed by atoms with E-state index in [1.165, 1.54) is 0 Å². The maximum absolute atomic E-state index is 12.6. The van der Waals surface area contributed by atoms with Crippen molar-refractivity contribution in [3.05, 3.63) is 18.5 Å². The molecule has 0 spiro atoms. The van der Waals surface area contributed by atoms with Crippen LogP contribution >= 0.6 is 0 Å². The van der Waals surface area contributed by atoms with Crippen LogP contribution in [0.2, 0.25) is 0 Å². The summed E-state index contributed by atoms with van der Waals surface area (Å²) in [6.07, 6.45) is 6.45. The number of guanidine groups is 1. The van der Waals surface area contributed by atoms with E-state index in [1.54, 1.807) is 12.4 Å². The van der Waals surface area contributed by atoms with E-state index in [9.17, 15) is 4.79 Å². The molecule has 2 fully saturated rings. The quantitative estimate of drug-likeness (QED) is 0.594. The van der Waals surface area contributed by atoms with Crippen molar-refractivity contribution in [3.8, 4) is 0 Å². The van der Waals surface area contributed by atoms with Crippen molar-refractivity contribution in [2.75, 3.05) is 51.2 Å². The molecule has 2 saturated heterocycles. The predicted molar refractivity (Wildman–Crippen MR) is 118 cm³/mol. The molecule has 9 nitrogen and oxygen atoms in total. The molecule has 1 unspecified atom stereocenters. The van der Waals surface area contributed by atoms with Gasteiger partial charge in [-0.1, -0.05) is 0 Å². The van der Waals surface area contributed by atoms with Crippen LogP contribution in [0.15, 0.2) is 23.5 Å². The summed E-state index contributed by atoms with van der Waals surface area (Å²) in [5, 5.41) is 3.49. The molecule has 9 heteroatoms. The fourth-order valence-electron chi connectivity index (χ4n) is 3.89. The van der Waals surface area contributed by atoms with Crippen LogP contribution in [0.5, 0.6) is 0 Å². The van der Waals surface area contributed by atoms with Gasteiger partial charge >= 0.3 is 6.09 Å². The summed E-state index contributed by atoms with van der Waals surface area (Å²) in [4.78, 5) is 32.1. The average Bonchev–Trinajstić information content (AvgIpc) is 2.74. The SMILES string of the molecule is CN=C(NCC1CCCCN1C(=O)OC(C)(C)C)N1CCN(c2ncccn2)CC1. The third-order valence-corrected chi connectivity index (χ3v) is 5.38. The van der Waals surface area contributed by atoms with Crippen molar-refractivity contribution in [3.63, 3.8) is 0 Å².